The molecule has 1 atom stereocenters. The van der Waals surface area contributed by atoms with Crippen molar-refractivity contribution < 1.29 is 4.79 Å². The number of fused-ring (bicyclic) bond motifs is 2. The molecule has 0 fully saturated rings. The van der Waals surface area contributed by atoms with Gasteiger partial charge in [-0.3, -0.25) is 14.0 Å². The van der Waals surface area contributed by atoms with E-state index in [-0.39, 0.29) is 17.5 Å². The summed E-state index contributed by atoms with van der Waals surface area (Å²) in [7, 11) is 0. The largest absolute Gasteiger partial charge is 0.342 e. The summed E-state index contributed by atoms with van der Waals surface area (Å²) in [5.41, 5.74) is 1.40. The molecule has 4 rings (SSSR count). The van der Waals surface area contributed by atoms with Gasteiger partial charge in [-0.15, -0.1) is 10.2 Å². The third-order valence-corrected chi connectivity index (χ3v) is 5.21. The number of nitrogens with zero attached hydrogens (tertiary/aromatic N) is 3. The average Bonchev–Trinajstić information content (AvgIpc) is 3.14. The van der Waals surface area contributed by atoms with Gasteiger partial charge in [0.25, 0.3) is 5.91 Å². The molecule has 1 aromatic carbocycles. The number of hydrogen-bond acceptors (Lipinski definition) is 5. The van der Waals surface area contributed by atoms with Crippen molar-refractivity contribution in [3.8, 4) is 0 Å². The summed E-state index contributed by atoms with van der Waals surface area (Å²) in [6.45, 7) is 0. The number of carbonyl (C=O) groups is 1. The van der Waals surface area contributed by atoms with E-state index >= 15 is 0 Å². The molecule has 8 heteroatoms. The van der Waals surface area contributed by atoms with Crippen molar-refractivity contribution in [2.75, 3.05) is 12.0 Å². The summed E-state index contributed by atoms with van der Waals surface area (Å²) in [6.07, 6.45) is 4.60. The molecule has 0 saturated heterocycles. The molecule has 3 aromatic heterocycles. The Balaban J connectivity index is 1.72. The fourth-order valence-corrected chi connectivity index (χ4v) is 3.70. The van der Waals surface area contributed by atoms with Crippen molar-refractivity contribution in [2.45, 2.75) is 12.5 Å². The number of hydrogen-bond donors (Lipinski definition) is 2. The maximum absolute atomic E-state index is 13.1. The molecule has 7 nitrogen and oxygen atoms in total. The molecule has 1 unspecified atom stereocenters. The molecular formula is C20H19N5O2S. The number of carbonyl (C=O) groups excluding carboxylic acids is 1. The molecular weight excluding hydrogens is 374 g/mol. The first kappa shape index (κ1) is 18.2. The predicted octanol–water partition coefficient (Wildman–Crippen LogP) is 2.80. The Labute approximate surface area is 165 Å². The van der Waals surface area contributed by atoms with E-state index in [2.05, 4.69) is 20.5 Å². The summed E-state index contributed by atoms with van der Waals surface area (Å²) in [5, 5.41) is 12.2. The number of aromatic nitrogens is 4. The van der Waals surface area contributed by atoms with Gasteiger partial charge in [0.2, 0.25) is 5.56 Å². The summed E-state index contributed by atoms with van der Waals surface area (Å²) < 4.78 is 1.88. The number of aromatic amines is 1. The number of amides is 1. The molecule has 0 aliphatic carbocycles. The van der Waals surface area contributed by atoms with E-state index in [0.717, 1.165) is 11.4 Å². The smallest absolute Gasteiger partial charge is 0.252 e. The van der Waals surface area contributed by atoms with Gasteiger partial charge in [-0.2, -0.15) is 11.8 Å². The van der Waals surface area contributed by atoms with Gasteiger partial charge >= 0.3 is 0 Å². The molecule has 4 aromatic rings. The molecule has 142 valence electrons. The molecule has 1 amide bonds. The Bertz CT molecular complexity index is 1200. The van der Waals surface area contributed by atoms with Gasteiger partial charge in [0, 0.05) is 23.2 Å². The van der Waals surface area contributed by atoms with Crippen LogP contribution < -0.4 is 10.9 Å². The summed E-state index contributed by atoms with van der Waals surface area (Å²) in [5.74, 6) is 1.22. The number of rotatable bonds is 6. The molecule has 2 N–H and O–H groups in total. The quantitative estimate of drug-likeness (QED) is 0.526. The first-order valence-corrected chi connectivity index (χ1v) is 10.3. The number of thioether (sulfide) groups is 1. The van der Waals surface area contributed by atoms with E-state index in [1.165, 1.54) is 6.07 Å². The lowest BCUT2D eigenvalue weighted by Crippen LogP contribution is -2.31. The highest BCUT2D eigenvalue weighted by Crippen LogP contribution is 2.20. The maximum Gasteiger partial charge on any atom is 0.252 e. The van der Waals surface area contributed by atoms with Crippen LogP contribution in [-0.2, 0) is 0 Å². The van der Waals surface area contributed by atoms with Gasteiger partial charge in [-0.05, 0) is 36.6 Å². The van der Waals surface area contributed by atoms with Crippen LogP contribution >= 0.6 is 11.8 Å². The van der Waals surface area contributed by atoms with Crippen molar-refractivity contribution >= 4 is 34.2 Å². The highest BCUT2D eigenvalue weighted by molar-refractivity contribution is 7.98. The van der Waals surface area contributed by atoms with Crippen LogP contribution in [0.3, 0.4) is 0 Å². The number of benzene rings is 1. The zero-order valence-corrected chi connectivity index (χ0v) is 16.1. The van der Waals surface area contributed by atoms with Gasteiger partial charge in [-0.25, -0.2) is 0 Å². The van der Waals surface area contributed by atoms with Gasteiger partial charge in [0.1, 0.15) is 0 Å². The monoisotopic (exact) mass is 393 g/mol. The molecule has 0 aliphatic rings. The van der Waals surface area contributed by atoms with Crippen molar-refractivity contribution in [3.63, 3.8) is 0 Å². The van der Waals surface area contributed by atoms with Crippen LogP contribution in [0.15, 0.2) is 59.5 Å². The van der Waals surface area contributed by atoms with Crippen LogP contribution in [0.2, 0.25) is 0 Å². The lowest BCUT2D eigenvalue weighted by atomic mass is 10.1. The van der Waals surface area contributed by atoms with E-state index in [0.29, 0.717) is 28.7 Å². The lowest BCUT2D eigenvalue weighted by Gasteiger charge is -2.17. The fraction of sp³-hybridized carbons (Fsp3) is 0.200. The molecule has 0 bridgehead atoms. The summed E-state index contributed by atoms with van der Waals surface area (Å²) in [4.78, 5) is 27.9. The van der Waals surface area contributed by atoms with Crippen molar-refractivity contribution in [1.82, 2.24) is 24.9 Å². The normalized spacial score (nSPS) is 12.3. The summed E-state index contributed by atoms with van der Waals surface area (Å²) in [6, 6.07) is 13.9. The van der Waals surface area contributed by atoms with Crippen LogP contribution in [-0.4, -0.2) is 37.5 Å². The van der Waals surface area contributed by atoms with Crippen LogP contribution in [0.4, 0.5) is 0 Å². The maximum atomic E-state index is 13.1. The fourth-order valence-electron chi connectivity index (χ4n) is 3.23. The van der Waals surface area contributed by atoms with E-state index in [1.807, 2.05) is 53.3 Å². The van der Waals surface area contributed by atoms with Gasteiger partial charge in [0.15, 0.2) is 11.5 Å². The van der Waals surface area contributed by atoms with Crippen LogP contribution in [0.5, 0.6) is 0 Å². The van der Waals surface area contributed by atoms with Crippen molar-refractivity contribution in [2.24, 2.45) is 0 Å². The van der Waals surface area contributed by atoms with E-state index in [1.54, 1.807) is 17.8 Å². The zero-order valence-electron chi connectivity index (χ0n) is 15.3. The number of para-hydroxylation sites is 1. The Hall–Kier alpha value is -3.13. The van der Waals surface area contributed by atoms with Crippen LogP contribution in [0.1, 0.15) is 28.6 Å². The second-order valence-corrected chi connectivity index (χ2v) is 7.37. The molecule has 0 aliphatic heterocycles. The number of H-pyrrole nitrogens is 1. The highest BCUT2D eigenvalue weighted by Gasteiger charge is 2.22. The lowest BCUT2D eigenvalue weighted by molar-refractivity contribution is 0.0935. The summed E-state index contributed by atoms with van der Waals surface area (Å²) >= 11 is 1.70. The topological polar surface area (TPSA) is 92.1 Å². The predicted molar refractivity (Wildman–Crippen MR) is 111 cm³/mol. The molecule has 0 saturated carbocycles. The second kappa shape index (κ2) is 7.85. The molecule has 28 heavy (non-hydrogen) atoms. The highest BCUT2D eigenvalue weighted by atomic mass is 32.2. The standard InChI is InChI=1S/C20H19N5O2S/c1-28-11-9-16(19-24-23-17-8-4-5-10-25(17)19)22-20(27)14-12-18(26)21-15-7-3-2-6-13(14)15/h2-8,10,12,16H,9,11H2,1H3,(H,21,26)(H,22,27). The third kappa shape index (κ3) is 3.50. The molecule has 0 radical (unpaired) electrons. The number of nitrogens with one attached hydrogen (secondary N) is 2. The van der Waals surface area contributed by atoms with Gasteiger partial charge in [-0.1, -0.05) is 24.3 Å². The minimum absolute atomic E-state index is 0.305. The van der Waals surface area contributed by atoms with Crippen molar-refractivity contribution in [3.05, 3.63) is 76.5 Å². The van der Waals surface area contributed by atoms with Crippen molar-refractivity contribution in [1.29, 1.82) is 0 Å². The van der Waals surface area contributed by atoms with Gasteiger partial charge < -0.3 is 10.3 Å². The Morgan fingerprint density at radius 2 is 2.04 bits per heavy atom. The minimum Gasteiger partial charge on any atom is -0.342 e. The zero-order chi connectivity index (χ0) is 19.5. The van der Waals surface area contributed by atoms with E-state index in [9.17, 15) is 9.59 Å². The first-order valence-electron chi connectivity index (χ1n) is 8.89. The Morgan fingerprint density at radius 1 is 1.21 bits per heavy atom. The first-order chi connectivity index (χ1) is 13.7. The SMILES string of the molecule is CSCCC(NC(=O)c1cc(=O)[nH]c2ccccc12)c1nnc2ccccn12. The Kier molecular flexibility index (Phi) is 5.12. The van der Waals surface area contributed by atoms with Gasteiger partial charge in [0.05, 0.1) is 11.6 Å². The number of pyridine rings is 2. The molecule has 3 heterocycles. The Morgan fingerprint density at radius 3 is 2.89 bits per heavy atom. The van der Waals surface area contributed by atoms with Crippen LogP contribution in [0.25, 0.3) is 16.6 Å². The molecule has 0 spiro atoms. The van der Waals surface area contributed by atoms with E-state index < -0.39 is 0 Å². The van der Waals surface area contributed by atoms with Crippen LogP contribution in [0, 0.1) is 0 Å². The minimum atomic E-state index is -0.324. The third-order valence-electron chi connectivity index (χ3n) is 4.56. The average molecular weight is 393 g/mol. The second-order valence-electron chi connectivity index (χ2n) is 6.39. The van der Waals surface area contributed by atoms with E-state index in [4.69, 9.17) is 0 Å².